The van der Waals surface area contributed by atoms with Crippen LogP contribution >= 0.6 is 39.1 Å². The lowest BCUT2D eigenvalue weighted by Crippen LogP contribution is -2.14. The molecule has 21 heavy (non-hydrogen) atoms. The summed E-state index contributed by atoms with van der Waals surface area (Å²) in [6.07, 6.45) is 0. The van der Waals surface area contributed by atoms with E-state index in [0.29, 0.717) is 10.0 Å². The van der Waals surface area contributed by atoms with Crippen molar-refractivity contribution in [2.45, 2.75) is 13.0 Å². The van der Waals surface area contributed by atoms with E-state index in [1.54, 1.807) is 6.07 Å². The highest BCUT2D eigenvalue weighted by molar-refractivity contribution is 9.10. The molecular formula is C16H17BrCl2N2. The number of halogens is 3. The van der Waals surface area contributed by atoms with Gasteiger partial charge in [-0.2, -0.15) is 0 Å². The lowest BCUT2D eigenvalue weighted by atomic mass is 10.1. The third kappa shape index (κ3) is 4.06. The first kappa shape index (κ1) is 16.5. The minimum absolute atomic E-state index is 0.0720. The van der Waals surface area contributed by atoms with Gasteiger partial charge in [0.2, 0.25) is 0 Å². The fourth-order valence-corrected chi connectivity index (χ4v) is 3.11. The normalized spacial score (nSPS) is 12.1. The molecule has 5 heteroatoms. The molecule has 0 bridgehead atoms. The average Bonchev–Trinajstić information content (AvgIpc) is 2.37. The van der Waals surface area contributed by atoms with E-state index >= 15 is 0 Å². The van der Waals surface area contributed by atoms with Crippen LogP contribution in [0.15, 0.2) is 40.9 Å². The number of nitrogens with zero attached hydrogens (tertiary/aromatic N) is 1. The monoisotopic (exact) mass is 386 g/mol. The van der Waals surface area contributed by atoms with E-state index in [4.69, 9.17) is 23.2 Å². The lowest BCUT2D eigenvalue weighted by molar-refractivity contribution is 0.883. The first-order valence-electron chi connectivity index (χ1n) is 6.57. The molecule has 2 aromatic carbocycles. The Kier molecular flexibility index (Phi) is 5.42. The quantitative estimate of drug-likeness (QED) is 0.692. The molecule has 0 saturated carbocycles. The molecule has 0 heterocycles. The third-order valence-electron chi connectivity index (χ3n) is 3.24. The smallest absolute Gasteiger partial charge is 0.0597 e. The van der Waals surface area contributed by atoms with E-state index < -0.39 is 0 Å². The van der Waals surface area contributed by atoms with Crippen molar-refractivity contribution in [1.82, 2.24) is 0 Å². The van der Waals surface area contributed by atoms with Crippen LogP contribution in [0.2, 0.25) is 10.0 Å². The Hall–Kier alpha value is -0.900. The van der Waals surface area contributed by atoms with Crippen molar-refractivity contribution in [2.24, 2.45) is 0 Å². The second kappa shape index (κ2) is 6.91. The van der Waals surface area contributed by atoms with Gasteiger partial charge in [0.1, 0.15) is 0 Å². The third-order valence-corrected chi connectivity index (χ3v) is 4.30. The van der Waals surface area contributed by atoms with Gasteiger partial charge in [0.05, 0.1) is 17.4 Å². The predicted octanol–water partition coefficient (Wildman–Crippen LogP) is 6.00. The van der Waals surface area contributed by atoms with Crippen LogP contribution in [-0.2, 0) is 0 Å². The fourth-order valence-electron chi connectivity index (χ4n) is 2.18. The van der Waals surface area contributed by atoms with Crippen molar-refractivity contribution in [1.29, 1.82) is 0 Å². The topological polar surface area (TPSA) is 15.3 Å². The maximum Gasteiger partial charge on any atom is 0.0597 e. The summed E-state index contributed by atoms with van der Waals surface area (Å²) in [4.78, 5) is 2.07. The van der Waals surface area contributed by atoms with Crippen molar-refractivity contribution in [2.75, 3.05) is 24.3 Å². The highest BCUT2D eigenvalue weighted by atomic mass is 79.9. The molecule has 2 aromatic rings. The van der Waals surface area contributed by atoms with Gasteiger partial charge in [-0.15, -0.1) is 0 Å². The van der Waals surface area contributed by atoms with Crippen LogP contribution in [-0.4, -0.2) is 14.1 Å². The minimum Gasteiger partial charge on any atom is -0.377 e. The van der Waals surface area contributed by atoms with Crippen LogP contribution in [0.5, 0.6) is 0 Å². The van der Waals surface area contributed by atoms with E-state index in [-0.39, 0.29) is 6.04 Å². The molecule has 0 aliphatic heterocycles. The summed E-state index contributed by atoms with van der Waals surface area (Å²) >= 11 is 15.7. The molecule has 2 nitrogen and oxygen atoms in total. The molecule has 1 atom stereocenters. The van der Waals surface area contributed by atoms with Crippen LogP contribution in [0.1, 0.15) is 18.5 Å². The summed E-state index contributed by atoms with van der Waals surface area (Å²) in [5.74, 6) is 0. The Morgan fingerprint density at radius 1 is 1.10 bits per heavy atom. The Labute approximate surface area is 144 Å². The van der Waals surface area contributed by atoms with Gasteiger partial charge in [-0.1, -0.05) is 45.2 Å². The zero-order valence-electron chi connectivity index (χ0n) is 12.1. The van der Waals surface area contributed by atoms with Crippen molar-refractivity contribution in [3.8, 4) is 0 Å². The number of hydrogen-bond donors (Lipinski definition) is 1. The molecule has 112 valence electrons. The number of hydrogen-bond acceptors (Lipinski definition) is 2. The summed E-state index contributed by atoms with van der Waals surface area (Å²) in [6, 6.07) is 11.8. The molecule has 0 radical (unpaired) electrons. The first-order chi connectivity index (χ1) is 9.88. The fraction of sp³-hybridized carbons (Fsp3) is 0.250. The SMILES string of the molecule is CC(Nc1cc(Br)ccc1N(C)C)c1ccc(Cl)cc1Cl. The van der Waals surface area contributed by atoms with Gasteiger partial charge in [0, 0.05) is 28.6 Å². The second-order valence-corrected chi connectivity index (χ2v) is 6.85. The summed E-state index contributed by atoms with van der Waals surface area (Å²) in [5.41, 5.74) is 3.19. The van der Waals surface area contributed by atoms with E-state index in [9.17, 15) is 0 Å². The average molecular weight is 388 g/mol. The van der Waals surface area contributed by atoms with Crippen molar-refractivity contribution in [3.05, 3.63) is 56.5 Å². The van der Waals surface area contributed by atoms with Crippen molar-refractivity contribution in [3.63, 3.8) is 0 Å². The molecule has 0 aliphatic rings. The maximum absolute atomic E-state index is 6.28. The first-order valence-corrected chi connectivity index (χ1v) is 8.11. The van der Waals surface area contributed by atoms with Crippen LogP contribution in [0, 0.1) is 0 Å². The zero-order valence-corrected chi connectivity index (χ0v) is 15.2. The van der Waals surface area contributed by atoms with Crippen LogP contribution in [0.25, 0.3) is 0 Å². The highest BCUT2D eigenvalue weighted by Crippen LogP contribution is 2.33. The minimum atomic E-state index is 0.0720. The second-order valence-electron chi connectivity index (χ2n) is 5.09. The zero-order chi connectivity index (χ0) is 15.6. The largest absolute Gasteiger partial charge is 0.377 e. The Morgan fingerprint density at radius 3 is 2.43 bits per heavy atom. The summed E-state index contributed by atoms with van der Waals surface area (Å²) in [6.45, 7) is 2.08. The molecule has 0 aliphatic carbocycles. The number of nitrogens with one attached hydrogen (secondary N) is 1. The molecule has 2 rings (SSSR count). The van der Waals surface area contributed by atoms with Gasteiger partial charge in [-0.25, -0.2) is 0 Å². The standard InChI is InChI=1S/C16H17BrCl2N2/c1-10(13-6-5-12(18)9-14(13)19)20-15-8-11(17)4-7-16(15)21(2)3/h4-10,20H,1-3H3. The summed E-state index contributed by atoms with van der Waals surface area (Å²) in [5, 5.41) is 4.83. The molecular weight excluding hydrogens is 371 g/mol. The molecule has 1 unspecified atom stereocenters. The number of anilines is 2. The lowest BCUT2D eigenvalue weighted by Gasteiger charge is -2.23. The highest BCUT2D eigenvalue weighted by Gasteiger charge is 2.13. The van der Waals surface area contributed by atoms with E-state index in [1.165, 1.54) is 0 Å². The van der Waals surface area contributed by atoms with Crippen LogP contribution < -0.4 is 10.2 Å². The molecule has 0 fully saturated rings. The summed E-state index contributed by atoms with van der Waals surface area (Å²) < 4.78 is 1.03. The maximum atomic E-state index is 6.28. The Balaban J connectivity index is 2.31. The molecule has 0 amide bonds. The number of rotatable bonds is 4. The van der Waals surface area contributed by atoms with Gasteiger partial charge >= 0.3 is 0 Å². The van der Waals surface area contributed by atoms with Gasteiger partial charge < -0.3 is 10.2 Å². The van der Waals surface area contributed by atoms with E-state index in [0.717, 1.165) is 21.4 Å². The van der Waals surface area contributed by atoms with E-state index in [2.05, 4.69) is 45.2 Å². The molecule has 0 saturated heterocycles. The van der Waals surface area contributed by atoms with Gasteiger partial charge in [0.15, 0.2) is 0 Å². The predicted molar refractivity (Wildman–Crippen MR) is 97.0 cm³/mol. The van der Waals surface area contributed by atoms with Crippen LogP contribution in [0.3, 0.4) is 0 Å². The van der Waals surface area contributed by atoms with E-state index in [1.807, 2.05) is 32.3 Å². The Bertz CT molecular complexity index is 644. The Morgan fingerprint density at radius 2 is 1.81 bits per heavy atom. The van der Waals surface area contributed by atoms with Gasteiger partial charge in [0.25, 0.3) is 0 Å². The van der Waals surface area contributed by atoms with Crippen molar-refractivity contribution >= 4 is 50.5 Å². The molecule has 0 spiro atoms. The van der Waals surface area contributed by atoms with Crippen LogP contribution in [0.4, 0.5) is 11.4 Å². The number of benzene rings is 2. The van der Waals surface area contributed by atoms with Crippen molar-refractivity contribution < 1.29 is 0 Å². The van der Waals surface area contributed by atoms with Gasteiger partial charge in [-0.05, 0) is 42.8 Å². The van der Waals surface area contributed by atoms with Gasteiger partial charge in [-0.3, -0.25) is 0 Å². The molecule has 0 aromatic heterocycles. The molecule has 1 N–H and O–H groups in total. The summed E-state index contributed by atoms with van der Waals surface area (Å²) in [7, 11) is 4.04.